The molecular weight excluding hydrogens is 281 g/mol. The third-order valence-electron chi connectivity index (χ3n) is 2.33. The lowest BCUT2D eigenvalue weighted by molar-refractivity contribution is -0.139. The fourth-order valence-electron chi connectivity index (χ4n) is 1.23. The number of hydrogen-bond acceptors (Lipinski definition) is 3. The molecule has 0 unspecified atom stereocenters. The fraction of sp³-hybridized carbons (Fsp3) is 0.818. The van der Waals surface area contributed by atoms with Crippen LogP contribution in [0.4, 0.5) is 13.2 Å². The van der Waals surface area contributed by atoms with E-state index in [0.29, 0.717) is 18.0 Å². The average Bonchev–Trinajstić information content (AvgIpc) is 2.28. The van der Waals surface area contributed by atoms with Crippen molar-refractivity contribution in [3.63, 3.8) is 0 Å². The third-order valence-corrected chi connectivity index (χ3v) is 2.53. The first-order valence-electron chi connectivity index (χ1n) is 5.89. The van der Waals surface area contributed by atoms with Gasteiger partial charge in [0.25, 0.3) is 0 Å². The molecule has 0 aromatic carbocycles. The highest BCUT2D eigenvalue weighted by Gasteiger charge is 2.25. The van der Waals surface area contributed by atoms with Gasteiger partial charge in [-0.2, -0.15) is 13.2 Å². The molecule has 112 valence electrons. The van der Waals surface area contributed by atoms with Crippen molar-refractivity contribution in [2.45, 2.75) is 31.9 Å². The Kier molecular flexibility index (Phi) is 8.66. The summed E-state index contributed by atoms with van der Waals surface area (Å²) in [5.41, 5.74) is 5.31. The molecule has 1 amide bonds. The Labute approximate surface area is 116 Å². The number of rotatable bonds is 9. The molecule has 0 aliphatic carbocycles. The van der Waals surface area contributed by atoms with E-state index in [2.05, 4.69) is 12.2 Å². The summed E-state index contributed by atoms with van der Waals surface area (Å²) < 4.78 is 40.4. The molecule has 0 aromatic heterocycles. The summed E-state index contributed by atoms with van der Waals surface area (Å²) in [6, 6.07) is 0. The minimum atomic E-state index is -4.15. The van der Waals surface area contributed by atoms with Crippen molar-refractivity contribution >= 4 is 23.1 Å². The van der Waals surface area contributed by atoms with Gasteiger partial charge in [0.05, 0.1) is 18.0 Å². The van der Waals surface area contributed by atoms with Gasteiger partial charge in [-0.1, -0.05) is 12.2 Å². The molecule has 0 heterocycles. The van der Waals surface area contributed by atoms with E-state index < -0.39 is 12.6 Å². The van der Waals surface area contributed by atoms with Crippen LogP contribution in [0.15, 0.2) is 0 Å². The third kappa shape index (κ3) is 11.9. The normalized spacial score (nSPS) is 11.4. The number of nitrogens with two attached hydrogens (primary N) is 1. The van der Waals surface area contributed by atoms with Crippen molar-refractivity contribution in [3.05, 3.63) is 0 Å². The molecule has 0 spiro atoms. The maximum Gasteiger partial charge on any atom is 0.389 e. The number of carbonyl (C=O) groups excluding carboxylic acids is 1. The lowest BCUT2D eigenvalue weighted by Crippen LogP contribution is -2.30. The van der Waals surface area contributed by atoms with Gasteiger partial charge in [0.1, 0.15) is 0 Å². The van der Waals surface area contributed by atoms with E-state index >= 15 is 0 Å². The van der Waals surface area contributed by atoms with Crippen LogP contribution in [0.5, 0.6) is 0 Å². The first-order chi connectivity index (χ1) is 8.72. The van der Waals surface area contributed by atoms with Gasteiger partial charge in [0, 0.05) is 33.0 Å². The average molecular weight is 300 g/mol. The van der Waals surface area contributed by atoms with Crippen molar-refractivity contribution in [2.75, 3.05) is 26.8 Å². The van der Waals surface area contributed by atoms with Gasteiger partial charge in [-0.25, -0.2) is 0 Å². The van der Waals surface area contributed by atoms with Gasteiger partial charge in [0.2, 0.25) is 5.91 Å². The van der Waals surface area contributed by atoms with Crippen molar-refractivity contribution in [1.82, 2.24) is 4.90 Å². The molecule has 0 radical (unpaired) electrons. The second-order valence-corrected chi connectivity index (χ2v) is 4.64. The van der Waals surface area contributed by atoms with Crippen molar-refractivity contribution in [1.29, 1.82) is 0 Å². The lowest BCUT2D eigenvalue weighted by Gasteiger charge is -2.16. The Hall–Kier alpha value is -0.890. The smallest absolute Gasteiger partial charge is 0.389 e. The zero-order valence-electron chi connectivity index (χ0n) is 10.8. The molecule has 0 saturated heterocycles. The highest BCUT2D eigenvalue weighted by atomic mass is 32.1. The van der Waals surface area contributed by atoms with E-state index in [1.165, 1.54) is 4.90 Å². The standard InChI is InChI=1S/C11H19F3N2O2S/c1-16(6-3-9(15)19)10(17)4-8-18-7-2-5-11(12,13)14/h2-8H2,1H3,(H2,15,19). The van der Waals surface area contributed by atoms with E-state index in [1.54, 1.807) is 7.05 Å². The van der Waals surface area contributed by atoms with E-state index in [9.17, 15) is 18.0 Å². The molecule has 8 heteroatoms. The van der Waals surface area contributed by atoms with Crippen molar-refractivity contribution < 1.29 is 22.7 Å². The van der Waals surface area contributed by atoms with Gasteiger partial charge in [-0.15, -0.1) is 0 Å². The highest BCUT2D eigenvalue weighted by molar-refractivity contribution is 7.80. The molecule has 0 bridgehead atoms. The predicted octanol–water partition coefficient (Wildman–Crippen LogP) is 1.87. The molecule has 0 saturated carbocycles. The van der Waals surface area contributed by atoms with Gasteiger partial charge in [-0.3, -0.25) is 4.79 Å². The Balaban J connectivity index is 3.55. The number of carbonyl (C=O) groups is 1. The largest absolute Gasteiger partial charge is 0.393 e. The predicted molar refractivity (Wildman–Crippen MR) is 69.8 cm³/mol. The van der Waals surface area contributed by atoms with Gasteiger partial charge in [0.15, 0.2) is 0 Å². The number of hydrogen-bond donors (Lipinski definition) is 1. The van der Waals surface area contributed by atoms with E-state index in [-0.39, 0.29) is 32.0 Å². The fourth-order valence-corrected chi connectivity index (χ4v) is 1.32. The maximum absolute atomic E-state index is 11.8. The van der Waals surface area contributed by atoms with E-state index in [4.69, 9.17) is 10.5 Å². The van der Waals surface area contributed by atoms with E-state index in [0.717, 1.165) is 0 Å². The minimum Gasteiger partial charge on any atom is -0.393 e. The molecule has 0 aromatic rings. The molecule has 0 atom stereocenters. The summed E-state index contributed by atoms with van der Waals surface area (Å²) in [6.45, 7) is 0.555. The first kappa shape index (κ1) is 18.1. The lowest BCUT2D eigenvalue weighted by atomic mass is 10.3. The number of thiocarbonyl (C=S) groups is 1. The summed E-state index contributed by atoms with van der Waals surface area (Å²) >= 11 is 4.69. The number of ether oxygens (including phenoxy) is 1. The number of nitrogens with zero attached hydrogens (tertiary/aromatic N) is 1. The molecule has 0 fully saturated rings. The second kappa shape index (κ2) is 9.08. The van der Waals surface area contributed by atoms with Crippen LogP contribution in [-0.2, 0) is 9.53 Å². The van der Waals surface area contributed by atoms with Gasteiger partial charge in [-0.05, 0) is 6.42 Å². The SMILES string of the molecule is CN(CCC(N)=S)C(=O)CCOCCCC(F)(F)F. The van der Waals surface area contributed by atoms with Gasteiger partial charge < -0.3 is 15.4 Å². The molecule has 0 aliphatic rings. The Morgan fingerprint density at radius 2 is 1.95 bits per heavy atom. The monoisotopic (exact) mass is 300 g/mol. The molecule has 2 N–H and O–H groups in total. The molecular formula is C11H19F3N2O2S. The van der Waals surface area contributed by atoms with Crippen LogP contribution >= 0.6 is 12.2 Å². The molecule has 0 aliphatic heterocycles. The highest BCUT2D eigenvalue weighted by Crippen LogP contribution is 2.20. The Bertz CT molecular complexity index is 298. The molecule has 19 heavy (non-hydrogen) atoms. The van der Waals surface area contributed by atoms with Crippen LogP contribution in [-0.4, -0.2) is 48.8 Å². The zero-order chi connectivity index (χ0) is 14.9. The topological polar surface area (TPSA) is 55.6 Å². The summed E-state index contributed by atoms with van der Waals surface area (Å²) in [4.78, 5) is 13.3. The zero-order valence-corrected chi connectivity index (χ0v) is 11.6. The second-order valence-electron chi connectivity index (χ2n) is 4.11. The van der Waals surface area contributed by atoms with Crippen LogP contribution in [0.25, 0.3) is 0 Å². The Morgan fingerprint density at radius 3 is 2.47 bits per heavy atom. The molecule has 0 rings (SSSR count). The Morgan fingerprint density at radius 1 is 1.32 bits per heavy atom. The quantitative estimate of drug-likeness (QED) is 0.522. The van der Waals surface area contributed by atoms with Gasteiger partial charge >= 0.3 is 6.18 Å². The summed E-state index contributed by atoms with van der Waals surface area (Å²) in [7, 11) is 1.62. The number of alkyl halides is 3. The van der Waals surface area contributed by atoms with Crippen LogP contribution in [0, 0.1) is 0 Å². The van der Waals surface area contributed by atoms with Crippen LogP contribution in [0.2, 0.25) is 0 Å². The van der Waals surface area contributed by atoms with Crippen LogP contribution < -0.4 is 5.73 Å². The van der Waals surface area contributed by atoms with E-state index in [1.807, 2.05) is 0 Å². The first-order valence-corrected chi connectivity index (χ1v) is 6.30. The molecule has 4 nitrogen and oxygen atoms in total. The van der Waals surface area contributed by atoms with Crippen LogP contribution in [0.3, 0.4) is 0 Å². The number of halogens is 3. The summed E-state index contributed by atoms with van der Waals surface area (Å²) in [5.74, 6) is -0.146. The van der Waals surface area contributed by atoms with Crippen molar-refractivity contribution in [3.8, 4) is 0 Å². The van der Waals surface area contributed by atoms with Crippen molar-refractivity contribution in [2.24, 2.45) is 5.73 Å². The minimum absolute atomic E-state index is 0.00336. The number of amides is 1. The maximum atomic E-state index is 11.8. The summed E-state index contributed by atoms with van der Waals surface area (Å²) in [5, 5.41) is 0. The van der Waals surface area contributed by atoms with Crippen LogP contribution in [0.1, 0.15) is 25.7 Å². The summed E-state index contributed by atoms with van der Waals surface area (Å²) in [6.07, 6.45) is -4.52.